The van der Waals surface area contributed by atoms with E-state index in [2.05, 4.69) is 4.72 Å². The molecule has 0 aromatic heterocycles. The lowest BCUT2D eigenvalue weighted by molar-refractivity contribution is 0.281. The summed E-state index contributed by atoms with van der Waals surface area (Å²) in [5, 5.41) is 9.63. The van der Waals surface area contributed by atoms with E-state index in [0.717, 1.165) is 23.3 Å². The molecule has 0 spiro atoms. The van der Waals surface area contributed by atoms with Crippen molar-refractivity contribution in [3.8, 4) is 0 Å². The van der Waals surface area contributed by atoms with Gasteiger partial charge in [-0.25, -0.2) is 13.1 Å². The zero-order valence-electron chi connectivity index (χ0n) is 12.6. The molecule has 1 saturated heterocycles. The second kappa shape index (κ2) is 7.13. The van der Waals surface area contributed by atoms with Gasteiger partial charge in [-0.1, -0.05) is 12.5 Å². The van der Waals surface area contributed by atoms with Crippen molar-refractivity contribution in [2.24, 2.45) is 0 Å². The molecule has 0 bridgehead atoms. The summed E-state index contributed by atoms with van der Waals surface area (Å²) in [4.78, 5) is 0.285. The number of benzene rings is 1. The first-order chi connectivity index (χ1) is 9.94. The average molecular weight is 329 g/mol. The van der Waals surface area contributed by atoms with Crippen molar-refractivity contribution < 1.29 is 13.5 Å². The fraction of sp³-hybridized carbons (Fsp3) is 0.600. The Morgan fingerprint density at radius 3 is 2.71 bits per heavy atom. The second-order valence-electron chi connectivity index (χ2n) is 5.53. The van der Waals surface area contributed by atoms with Crippen LogP contribution in [0.3, 0.4) is 0 Å². The van der Waals surface area contributed by atoms with Gasteiger partial charge in [-0.15, -0.1) is 0 Å². The Morgan fingerprint density at radius 2 is 2.10 bits per heavy atom. The highest BCUT2D eigenvalue weighted by atomic mass is 32.2. The van der Waals surface area contributed by atoms with Gasteiger partial charge >= 0.3 is 0 Å². The summed E-state index contributed by atoms with van der Waals surface area (Å²) in [7, 11) is -3.52. The van der Waals surface area contributed by atoms with Gasteiger partial charge in [-0.05, 0) is 55.2 Å². The van der Waals surface area contributed by atoms with E-state index in [9.17, 15) is 13.5 Å². The standard InChI is InChI=1S/C15H23NO3S2/c1-11-7-13(10-17)8-15(12(11)2)21(18,19)16-9-14-5-3-4-6-20-14/h7-8,14,16-17H,3-6,9-10H2,1-2H3. The first kappa shape index (κ1) is 16.8. The number of sulfonamides is 1. The third-order valence-electron chi connectivity index (χ3n) is 3.93. The molecule has 0 amide bonds. The van der Waals surface area contributed by atoms with Crippen molar-refractivity contribution in [3.05, 3.63) is 28.8 Å². The Kier molecular flexibility index (Phi) is 5.71. The van der Waals surface area contributed by atoms with Gasteiger partial charge in [0.15, 0.2) is 0 Å². The van der Waals surface area contributed by atoms with E-state index in [1.807, 2.05) is 24.8 Å². The maximum Gasteiger partial charge on any atom is 0.240 e. The summed E-state index contributed by atoms with van der Waals surface area (Å²) in [6.45, 7) is 4.00. The first-order valence-corrected chi connectivity index (χ1v) is 9.79. The zero-order valence-corrected chi connectivity index (χ0v) is 14.2. The molecular formula is C15H23NO3S2. The van der Waals surface area contributed by atoms with Crippen LogP contribution < -0.4 is 4.72 Å². The van der Waals surface area contributed by atoms with Crippen LogP contribution in [0.15, 0.2) is 17.0 Å². The number of thioether (sulfide) groups is 1. The topological polar surface area (TPSA) is 66.4 Å². The summed E-state index contributed by atoms with van der Waals surface area (Å²) in [6.07, 6.45) is 3.48. The maximum atomic E-state index is 12.5. The van der Waals surface area contributed by atoms with Gasteiger partial charge < -0.3 is 5.11 Å². The molecule has 1 heterocycles. The largest absolute Gasteiger partial charge is 0.392 e. The van der Waals surface area contributed by atoms with Gasteiger partial charge in [-0.2, -0.15) is 11.8 Å². The summed E-state index contributed by atoms with van der Waals surface area (Å²) in [5.74, 6) is 1.12. The van der Waals surface area contributed by atoms with Crippen LogP contribution in [0.1, 0.15) is 36.0 Å². The molecule has 118 valence electrons. The molecule has 0 saturated carbocycles. The normalized spacial score (nSPS) is 19.7. The molecular weight excluding hydrogens is 306 g/mol. The Labute approximate surface area is 131 Å². The Morgan fingerprint density at radius 1 is 1.33 bits per heavy atom. The van der Waals surface area contributed by atoms with Crippen molar-refractivity contribution in [3.63, 3.8) is 0 Å². The van der Waals surface area contributed by atoms with E-state index in [1.54, 1.807) is 13.0 Å². The van der Waals surface area contributed by atoms with E-state index >= 15 is 0 Å². The monoisotopic (exact) mass is 329 g/mol. The molecule has 1 aliphatic heterocycles. The lowest BCUT2D eigenvalue weighted by atomic mass is 10.1. The molecule has 1 fully saturated rings. The number of aliphatic hydroxyl groups is 1. The molecule has 21 heavy (non-hydrogen) atoms. The fourth-order valence-corrected chi connectivity index (χ4v) is 5.31. The van der Waals surface area contributed by atoms with Crippen LogP contribution >= 0.6 is 11.8 Å². The van der Waals surface area contributed by atoms with E-state index in [4.69, 9.17) is 0 Å². The Bertz CT molecular complexity index is 593. The van der Waals surface area contributed by atoms with E-state index in [1.165, 1.54) is 12.8 Å². The van der Waals surface area contributed by atoms with Crippen molar-refractivity contribution in [1.29, 1.82) is 0 Å². The summed E-state index contributed by atoms with van der Waals surface area (Å²) in [5.41, 5.74) is 2.26. The molecule has 0 aliphatic carbocycles. The highest BCUT2D eigenvalue weighted by Crippen LogP contribution is 2.25. The predicted octanol–water partition coefficient (Wildman–Crippen LogP) is 2.36. The third kappa shape index (κ3) is 4.22. The fourth-order valence-electron chi connectivity index (χ4n) is 2.52. The SMILES string of the molecule is Cc1cc(CO)cc(S(=O)(=O)NCC2CCCCS2)c1C. The lowest BCUT2D eigenvalue weighted by Gasteiger charge is -2.22. The van der Waals surface area contributed by atoms with Crippen molar-refractivity contribution >= 4 is 21.8 Å². The van der Waals surface area contributed by atoms with Gasteiger partial charge in [0.05, 0.1) is 11.5 Å². The summed E-state index contributed by atoms with van der Waals surface area (Å²) < 4.78 is 27.8. The molecule has 1 unspecified atom stereocenters. The van der Waals surface area contributed by atoms with Gasteiger partial charge in [-0.3, -0.25) is 0 Å². The number of hydrogen-bond donors (Lipinski definition) is 2. The van der Waals surface area contributed by atoms with E-state index in [0.29, 0.717) is 17.4 Å². The molecule has 2 rings (SSSR count). The molecule has 1 aromatic rings. The smallest absolute Gasteiger partial charge is 0.240 e. The second-order valence-corrected chi connectivity index (χ2v) is 8.68. The molecule has 1 atom stereocenters. The summed E-state index contributed by atoms with van der Waals surface area (Å²) in [6, 6.07) is 3.39. The predicted molar refractivity (Wildman–Crippen MR) is 87.1 cm³/mol. The number of aryl methyl sites for hydroxylation is 1. The minimum atomic E-state index is -3.52. The quantitative estimate of drug-likeness (QED) is 0.870. The number of aliphatic hydroxyl groups excluding tert-OH is 1. The molecule has 2 N–H and O–H groups in total. The van der Waals surface area contributed by atoms with Crippen molar-refractivity contribution in [2.45, 2.75) is 49.9 Å². The summed E-state index contributed by atoms with van der Waals surface area (Å²) >= 11 is 1.85. The van der Waals surface area contributed by atoms with Crippen LogP contribution in [-0.2, 0) is 16.6 Å². The van der Waals surface area contributed by atoms with Gasteiger partial charge in [0.1, 0.15) is 0 Å². The molecule has 1 aromatic carbocycles. The number of nitrogens with one attached hydrogen (secondary N) is 1. The van der Waals surface area contributed by atoms with E-state index < -0.39 is 10.0 Å². The van der Waals surface area contributed by atoms with Gasteiger partial charge in [0.25, 0.3) is 0 Å². The zero-order chi connectivity index (χ0) is 15.5. The van der Waals surface area contributed by atoms with Gasteiger partial charge in [0, 0.05) is 11.8 Å². The maximum absolute atomic E-state index is 12.5. The lowest BCUT2D eigenvalue weighted by Crippen LogP contribution is -2.32. The van der Waals surface area contributed by atoms with Crippen LogP contribution in [0.4, 0.5) is 0 Å². The number of hydrogen-bond acceptors (Lipinski definition) is 4. The van der Waals surface area contributed by atoms with Gasteiger partial charge in [0.2, 0.25) is 10.0 Å². The van der Waals surface area contributed by atoms with Crippen LogP contribution in [0, 0.1) is 13.8 Å². The highest BCUT2D eigenvalue weighted by Gasteiger charge is 2.21. The minimum Gasteiger partial charge on any atom is -0.392 e. The molecule has 4 nitrogen and oxygen atoms in total. The molecule has 6 heteroatoms. The molecule has 1 aliphatic rings. The van der Waals surface area contributed by atoms with Crippen LogP contribution in [0.25, 0.3) is 0 Å². The van der Waals surface area contributed by atoms with Crippen molar-refractivity contribution in [2.75, 3.05) is 12.3 Å². The van der Waals surface area contributed by atoms with Crippen LogP contribution in [0.2, 0.25) is 0 Å². The molecule has 0 radical (unpaired) electrons. The Hall–Kier alpha value is -0.560. The third-order valence-corrected chi connectivity index (χ3v) is 6.87. The van der Waals surface area contributed by atoms with E-state index in [-0.39, 0.29) is 11.5 Å². The first-order valence-electron chi connectivity index (χ1n) is 7.26. The van der Waals surface area contributed by atoms with Crippen LogP contribution in [0.5, 0.6) is 0 Å². The van der Waals surface area contributed by atoms with Crippen LogP contribution in [-0.4, -0.2) is 31.1 Å². The average Bonchev–Trinajstić information content (AvgIpc) is 2.48. The number of rotatable bonds is 5. The highest BCUT2D eigenvalue weighted by molar-refractivity contribution is 8.00. The Balaban J connectivity index is 2.16. The van der Waals surface area contributed by atoms with Crippen molar-refractivity contribution in [1.82, 2.24) is 4.72 Å². The minimum absolute atomic E-state index is 0.151.